The van der Waals surface area contributed by atoms with Crippen molar-refractivity contribution < 1.29 is 0 Å². The van der Waals surface area contributed by atoms with Crippen molar-refractivity contribution in [1.29, 1.82) is 0 Å². The minimum absolute atomic E-state index is 0.0981. The quantitative estimate of drug-likeness (QED) is 0.791. The van der Waals surface area contributed by atoms with Crippen LogP contribution in [-0.4, -0.2) is 16.5 Å². The zero-order chi connectivity index (χ0) is 14.7. The number of benzene rings is 1. The Balaban J connectivity index is 2.16. The molecule has 1 N–H and O–H groups in total. The Morgan fingerprint density at radius 1 is 1.10 bits per heavy atom. The van der Waals surface area contributed by atoms with Gasteiger partial charge in [-0.25, -0.2) is 0 Å². The zero-order valence-electron chi connectivity index (χ0n) is 12.4. The smallest absolute Gasteiger partial charge is 0.0757 e. The molecular weight excluding hydrogens is 258 g/mol. The first-order chi connectivity index (χ1) is 10.3. The van der Waals surface area contributed by atoms with Crippen molar-refractivity contribution in [3.63, 3.8) is 0 Å². The summed E-state index contributed by atoms with van der Waals surface area (Å²) in [4.78, 5) is 8.91. The number of rotatable bonds is 4. The molecule has 0 aliphatic heterocycles. The summed E-state index contributed by atoms with van der Waals surface area (Å²) in [6, 6.07) is 14.7. The van der Waals surface area contributed by atoms with E-state index in [1.807, 2.05) is 25.4 Å². The van der Waals surface area contributed by atoms with Crippen LogP contribution in [-0.2, 0) is 0 Å². The molecule has 3 rings (SSSR count). The molecule has 0 aliphatic rings. The maximum Gasteiger partial charge on any atom is 0.0757 e. The van der Waals surface area contributed by atoms with Crippen molar-refractivity contribution >= 4 is 10.8 Å². The summed E-state index contributed by atoms with van der Waals surface area (Å²) < 4.78 is 0. The highest BCUT2D eigenvalue weighted by Gasteiger charge is 2.16. The van der Waals surface area contributed by atoms with Gasteiger partial charge in [0.25, 0.3) is 0 Å². The van der Waals surface area contributed by atoms with Gasteiger partial charge < -0.3 is 5.32 Å². The average molecular weight is 277 g/mol. The van der Waals surface area contributed by atoms with Crippen LogP contribution >= 0.6 is 0 Å². The van der Waals surface area contributed by atoms with E-state index in [1.54, 1.807) is 0 Å². The van der Waals surface area contributed by atoms with Gasteiger partial charge in [0.2, 0.25) is 0 Å². The van der Waals surface area contributed by atoms with E-state index in [2.05, 4.69) is 53.6 Å². The normalized spacial score (nSPS) is 12.5. The standard InChI is InChI=1S/C18H19N3/c1-3-20-18(17-9-4-6-13(2)21-17)16-8-5-7-14-12-19-11-10-15(14)16/h4-12,18,20H,3H2,1-2H3. The number of nitrogens with one attached hydrogen (secondary N) is 1. The van der Waals surface area contributed by atoms with Crippen LogP contribution in [0.5, 0.6) is 0 Å². The van der Waals surface area contributed by atoms with Gasteiger partial charge in [-0.2, -0.15) is 0 Å². The molecule has 0 fully saturated rings. The van der Waals surface area contributed by atoms with Gasteiger partial charge in [0.05, 0.1) is 11.7 Å². The number of pyridine rings is 2. The SMILES string of the molecule is CCNC(c1cccc(C)n1)c1cccc2cnccc12. The fourth-order valence-electron chi connectivity index (χ4n) is 2.70. The van der Waals surface area contributed by atoms with Crippen LogP contribution < -0.4 is 5.32 Å². The molecule has 3 heteroatoms. The second kappa shape index (κ2) is 6.02. The predicted molar refractivity (Wildman–Crippen MR) is 86.2 cm³/mol. The molecule has 0 spiro atoms. The van der Waals surface area contributed by atoms with Gasteiger partial charge in [-0.05, 0) is 42.6 Å². The first-order valence-electron chi connectivity index (χ1n) is 7.29. The van der Waals surface area contributed by atoms with Crippen molar-refractivity contribution in [2.75, 3.05) is 6.54 Å². The molecule has 0 aliphatic carbocycles. The highest BCUT2D eigenvalue weighted by molar-refractivity contribution is 5.85. The molecule has 106 valence electrons. The highest BCUT2D eigenvalue weighted by Crippen LogP contribution is 2.27. The third kappa shape index (κ3) is 2.78. The van der Waals surface area contributed by atoms with Gasteiger partial charge in [-0.15, -0.1) is 0 Å². The lowest BCUT2D eigenvalue weighted by molar-refractivity contribution is 0.617. The maximum atomic E-state index is 4.70. The van der Waals surface area contributed by atoms with E-state index in [4.69, 9.17) is 4.98 Å². The maximum absolute atomic E-state index is 4.70. The van der Waals surface area contributed by atoms with Crippen LogP contribution in [0.25, 0.3) is 10.8 Å². The van der Waals surface area contributed by atoms with Gasteiger partial charge in [-0.1, -0.05) is 31.2 Å². The van der Waals surface area contributed by atoms with Crippen LogP contribution in [0.3, 0.4) is 0 Å². The number of aryl methyl sites for hydroxylation is 1. The molecule has 1 unspecified atom stereocenters. The summed E-state index contributed by atoms with van der Waals surface area (Å²) >= 11 is 0. The minimum Gasteiger partial charge on any atom is -0.305 e. The Morgan fingerprint density at radius 3 is 2.76 bits per heavy atom. The lowest BCUT2D eigenvalue weighted by atomic mass is 9.97. The molecular formula is C18H19N3. The molecule has 21 heavy (non-hydrogen) atoms. The molecule has 0 radical (unpaired) electrons. The summed E-state index contributed by atoms with van der Waals surface area (Å²) in [7, 11) is 0. The topological polar surface area (TPSA) is 37.8 Å². The Morgan fingerprint density at radius 2 is 1.95 bits per heavy atom. The van der Waals surface area contributed by atoms with Crippen LogP contribution in [0, 0.1) is 6.92 Å². The molecule has 0 saturated heterocycles. The highest BCUT2D eigenvalue weighted by atomic mass is 14.9. The molecule has 3 aromatic rings. The van der Waals surface area contributed by atoms with Crippen LogP contribution in [0.15, 0.2) is 54.9 Å². The molecule has 2 aromatic heterocycles. The lowest BCUT2D eigenvalue weighted by Gasteiger charge is -2.20. The molecule has 3 nitrogen and oxygen atoms in total. The summed E-state index contributed by atoms with van der Waals surface area (Å²) in [5, 5.41) is 5.93. The second-order valence-electron chi connectivity index (χ2n) is 5.14. The fourth-order valence-corrected chi connectivity index (χ4v) is 2.70. The molecule has 0 amide bonds. The first kappa shape index (κ1) is 13.7. The van der Waals surface area contributed by atoms with Gasteiger partial charge in [0, 0.05) is 23.5 Å². The summed E-state index contributed by atoms with van der Waals surface area (Å²) in [6.45, 7) is 5.04. The third-order valence-electron chi connectivity index (χ3n) is 3.64. The minimum atomic E-state index is 0.0981. The van der Waals surface area contributed by atoms with Crippen molar-refractivity contribution in [2.45, 2.75) is 19.9 Å². The van der Waals surface area contributed by atoms with Gasteiger partial charge >= 0.3 is 0 Å². The average Bonchev–Trinajstić information content (AvgIpc) is 2.52. The van der Waals surface area contributed by atoms with Crippen molar-refractivity contribution in [3.05, 3.63) is 71.8 Å². The van der Waals surface area contributed by atoms with E-state index in [-0.39, 0.29) is 6.04 Å². The summed E-state index contributed by atoms with van der Waals surface area (Å²) in [5.41, 5.74) is 3.34. The van der Waals surface area contributed by atoms with E-state index in [1.165, 1.54) is 10.9 Å². The largest absolute Gasteiger partial charge is 0.305 e. The summed E-state index contributed by atoms with van der Waals surface area (Å²) in [5.74, 6) is 0. The van der Waals surface area contributed by atoms with Gasteiger partial charge in [-0.3, -0.25) is 9.97 Å². The van der Waals surface area contributed by atoms with Crippen LogP contribution in [0.2, 0.25) is 0 Å². The first-order valence-corrected chi connectivity index (χ1v) is 7.29. The number of nitrogens with zero attached hydrogens (tertiary/aromatic N) is 2. The Kier molecular flexibility index (Phi) is 3.93. The molecule has 0 bridgehead atoms. The van der Waals surface area contributed by atoms with Crippen molar-refractivity contribution in [2.24, 2.45) is 0 Å². The van der Waals surface area contributed by atoms with Crippen molar-refractivity contribution in [3.8, 4) is 0 Å². The molecule has 1 atom stereocenters. The molecule has 1 aromatic carbocycles. The molecule has 0 saturated carbocycles. The number of hydrogen-bond donors (Lipinski definition) is 1. The molecule has 2 heterocycles. The van der Waals surface area contributed by atoms with E-state index in [0.717, 1.165) is 23.3 Å². The fraction of sp³-hybridized carbons (Fsp3) is 0.222. The van der Waals surface area contributed by atoms with Crippen LogP contribution in [0.1, 0.15) is 29.9 Å². The van der Waals surface area contributed by atoms with E-state index < -0.39 is 0 Å². The number of aromatic nitrogens is 2. The number of hydrogen-bond acceptors (Lipinski definition) is 3. The van der Waals surface area contributed by atoms with E-state index in [0.29, 0.717) is 0 Å². The van der Waals surface area contributed by atoms with Gasteiger partial charge in [0.1, 0.15) is 0 Å². The Labute approximate surface area is 125 Å². The Hall–Kier alpha value is -2.26. The predicted octanol–water partition coefficient (Wildman–Crippen LogP) is 3.64. The lowest BCUT2D eigenvalue weighted by Crippen LogP contribution is -2.23. The van der Waals surface area contributed by atoms with E-state index in [9.17, 15) is 0 Å². The van der Waals surface area contributed by atoms with E-state index >= 15 is 0 Å². The second-order valence-corrected chi connectivity index (χ2v) is 5.14. The summed E-state index contributed by atoms with van der Waals surface area (Å²) in [6.07, 6.45) is 3.75. The zero-order valence-corrected chi connectivity index (χ0v) is 12.4. The van der Waals surface area contributed by atoms with Crippen LogP contribution in [0.4, 0.5) is 0 Å². The van der Waals surface area contributed by atoms with Gasteiger partial charge in [0.15, 0.2) is 0 Å². The third-order valence-corrected chi connectivity index (χ3v) is 3.64. The Bertz CT molecular complexity index is 747. The monoisotopic (exact) mass is 277 g/mol. The van der Waals surface area contributed by atoms with Crippen molar-refractivity contribution in [1.82, 2.24) is 15.3 Å². The number of fused-ring (bicyclic) bond motifs is 1.